The number of rotatable bonds is 4. The third-order valence-corrected chi connectivity index (χ3v) is 4.24. The number of benzene rings is 1. The van der Waals surface area contributed by atoms with Gasteiger partial charge in [-0.3, -0.25) is 4.79 Å². The van der Waals surface area contributed by atoms with Crippen molar-refractivity contribution in [1.29, 1.82) is 5.26 Å². The maximum absolute atomic E-state index is 12.7. The Morgan fingerprint density at radius 2 is 2.17 bits per heavy atom. The fraction of sp³-hybridized carbons (Fsp3) is 0.188. The van der Waals surface area contributed by atoms with E-state index >= 15 is 0 Å². The molecule has 0 amide bonds. The first-order valence-corrected chi connectivity index (χ1v) is 7.73. The summed E-state index contributed by atoms with van der Waals surface area (Å²) in [6.45, 7) is 3.53. The Balaban J connectivity index is 1.95. The van der Waals surface area contributed by atoms with Gasteiger partial charge in [0.2, 0.25) is 11.7 Å². The van der Waals surface area contributed by atoms with E-state index in [4.69, 9.17) is 4.52 Å². The minimum Gasteiger partial charge on any atom is -0.339 e. The van der Waals surface area contributed by atoms with Crippen LogP contribution in [-0.2, 0) is 0 Å². The summed E-state index contributed by atoms with van der Waals surface area (Å²) in [6.07, 6.45) is 0. The lowest BCUT2D eigenvalue weighted by molar-refractivity contribution is 0.0979. The number of nitriles is 1. The van der Waals surface area contributed by atoms with Crippen LogP contribution in [0.3, 0.4) is 0 Å². The van der Waals surface area contributed by atoms with E-state index in [1.165, 1.54) is 11.3 Å². The predicted molar refractivity (Wildman–Crippen MR) is 84.0 cm³/mol. The first-order valence-electron chi connectivity index (χ1n) is 6.85. The SMILES string of the molecule is Cc1csc([C@@H](C#N)C(=O)c2cccc(-c3noc(C)n3)c2)n1. The fourth-order valence-corrected chi connectivity index (χ4v) is 2.96. The normalized spacial score (nSPS) is 11.9. The average Bonchev–Trinajstić information content (AvgIpc) is 3.17. The number of thiazole rings is 1. The third-order valence-electron chi connectivity index (χ3n) is 3.21. The van der Waals surface area contributed by atoms with E-state index in [0.29, 0.717) is 27.8 Å². The smallest absolute Gasteiger partial charge is 0.223 e. The molecular formula is C16H12N4O2S. The molecule has 0 aliphatic rings. The standard InChI is InChI=1S/C16H12N4O2S/c1-9-8-23-16(18-9)13(7-17)14(21)11-4-3-5-12(6-11)15-19-10(2)22-20-15/h3-6,8,13H,1-2H3/t13-/m0/s1. The summed E-state index contributed by atoms with van der Waals surface area (Å²) in [5.74, 6) is -0.333. The minimum absolute atomic E-state index is 0.288. The van der Waals surface area contributed by atoms with Crippen molar-refractivity contribution in [2.75, 3.05) is 0 Å². The highest BCUT2D eigenvalue weighted by molar-refractivity contribution is 7.10. The average molecular weight is 324 g/mol. The second-order valence-electron chi connectivity index (χ2n) is 4.97. The molecule has 3 aromatic rings. The van der Waals surface area contributed by atoms with Gasteiger partial charge in [0.25, 0.3) is 0 Å². The molecule has 0 fully saturated rings. The fourth-order valence-electron chi connectivity index (χ4n) is 2.13. The van der Waals surface area contributed by atoms with Crippen LogP contribution in [0.25, 0.3) is 11.4 Å². The molecule has 0 unspecified atom stereocenters. The summed E-state index contributed by atoms with van der Waals surface area (Å²) in [7, 11) is 0. The summed E-state index contributed by atoms with van der Waals surface area (Å²) >= 11 is 1.32. The van der Waals surface area contributed by atoms with Gasteiger partial charge in [-0.2, -0.15) is 10.2 Å². The zero-order valence-corrected chi connectivity index (χ0v) is 13.3. The topological polar surface area (TPSA) is 92.7 Å². The molecule has 0 bridgehead atoms. The number of carbonyl (C=O) groups excluding carboxylic acids is 1. The Kier molecular flexibility index (Phi) is 4.00. The molecule has 0 radical (unpaired) electrons. The van der Waals surface area contributed by atoms with Crippen LogP contribution in [0.4, 0.5) is 0 Å². The maximum atomic E-state index is 12.7. The van der Waals surface area contributed by atoms with Crippen LogP contribution in [0.2, 0.25) is 0 Å². The number of aromatic nitrogens is 3. The van der Waals surface area contributed by atoms with Gasteiger partial charge < -0.3 is 4.52 Å². The highest BCUT2D eigenvalue weighted by atomic mass is 32.1. The summed E-state index contributed by atoms with van der Waals surface area (Å²) in [4.78, 5) is 21.0. The Bertz CT molecular complexity index is 907. The molecule has 6 nitrogen and oxygen atoms in total. The lowest BCUT2D eigenvalue weighted by Gasteiger charge is -2.06. The second-order valence-corrected chi connectivity index (χ2v) is 5.86. The van der Waals surface area contributed by atoms with E-state index in [9.17, 15) is 10.1 Å². The number of nitrogens with zero attached hydrogens (tertiary/aromatic N) is 4. The quantitative estimate of drug-likeness (QED) is 0.684. The van der Waals surface area contributed by atoms with E-state index in [1.54, 1.807) is 31.2 Å². The van der Waals surface area contributed by atoms with Crippen molar-refractivity contribution in [2.24, 2.45) is 0 Å². The van der Waals surface area contributed by atoms with Crippen molar-refractivity contribution >= 4 is 17.1 Å². The number of Topliss-reactive ketones (excluding diaryl/α,β-unsaturated/α-hetero) is 1. The first-order chi connectivity index (χ1) is 11.1. The molecule has 1 aromatic carbocycles. The highest BCUT2D eigenvalue weighted by Gasteiger charge is 2.25. The van der Waals surface area contributed by atoms with Gasteiger partial charge in [-0.25, -0.2) is 4.98 Å². The van der Waals surface area contributed by atoms with E-state index < -0.39 is 5.92 Å². The Hall–Kier alpha value is -2.85. The van der Waals surface area contributed by atoms with Crippen molar-refractivity contribution in [3.63, 3.8) is 0 Å². The summed E-state index contributed by atoms with van der Waals surface area (Å²) in [5, 5.41) is 15.5. The maximum Gasteiger partial charge on any atom is 0.223 e. The highest BCUT2D eigenvalue weighted by Crippen LogP contribution is 2.25. The minimum atomic E-state index is -0.907. The number of hydrogen-bond acceptors (Lipinski definition) is 7. The van der Waals surface area contributed by atoms with Gasteiger partial charge in [-0.05, 0) is 13.0 Å². The molecule has 23 heavy (non-hydrogen) atoms. The van der Waals surface area contributed by atoms with Crippen LogP contribution in [0.5, 0.6) is 0 Å². The Morgan fingerprint density at radius 3 is 2.78 bits per heavy atom. The predicted octanol–water partition coefficient (Wildman–Crippen LogP) is 3.30. The van der Waals surface area contributed by atoms with Gasteiger partial charge in [-0.15, -0.1) is 11.3 Å². The molecule has 7 heteroatoms. The van der Waals surface area contributed by atoms with Gasteiger partial charge in [-0.1, -0.05) is 23.4 Å². The molecule has 114 valence electrons. The number of hydrogen-bond donors (Lipinski definition) is 0. The molecule has 2 heterocycles. The molecule has 0 saturated heterocycles. The van der Waals surface area contributed by atoms with Crippen molar-refractivity contribution in [3.8, 4) is 17.5 Å². The van der Waals surface area contributed by atoms with E-state index in [-0.39, 0.29) is 5.78 Å². The van der Waals surface area contributed by atoms with Crippen LogP contribution in [0.1, 0.15) is 32.9 Å². The largest absolute Gasteiger partial charge is 0.339 e. The van der Waals surface area contributed by atoms with Gasteiger partial charge in [0, 0.05) is 29.1 Å². The van der Waals surface area contributed by atoms with Gasteiger partial charge in [0.05, 0.1) is 6.07 Å². The summed E-state index contributed by atoms with van der Waals surface area (Å²) in [6, 6.07) is 8.90. The Morgan fingerprint density at radius 1 is 1.35 bits per heavy atom. The monoisotopic (exact) mass is 324 g/mol. The van der Waals surface area contributed by atoms with E-state index in [0.717, 1.165) is 5.69 Å². The molecule has 0 saturated carbocycles. The zero-order valence-electron chi connectivity index (χ0n) is 12.5. The van der Waals surface area contributed by atoms with Crippen molar-refractivity contribution in [2.45, 2.75) is 19.8 Å². The van der Waals surface area contributed by atoms with E-state index in [1.807, 2.05) is 18.4 Å². The van der Waals surface area contributed by atoms with Gasteiger partial charge in [0.15, 0.2) is 11.7 Å². The van der Waals surface area contributed by atoms with Crippen LogP contribution in [0.15, 0.2) is 34.2 Å². The zero-order chi connectivity index (χ0) is 16.4. The molecular weight excluding hydrogens is 312 g/mol. The number of aryl methyl sites for hydroxylation is 2. The van der Waals surface area contributed by atoms with E-state index in [2.05, 4.69) is 15.1 Å². The molecule has 0 spiro atoms. The summed E-state index contributed by atoms with van der Waals surface area (Å²) < 4.78 is 4.95. The third kappa shape index (κ3) is 3.03. The number of ketones is 1. The Labute approximate surface area is 136 Å². The summed E-state index contributed by atoms with van der Waals surface area (Å²) in [5.41, 5.74) is 1.89. The van der Waals surface area contributed by atoms with Gasteiger partial charge >= 0.3 is 0 Å². The van der Waals surface area contributed by atoms with Crippen LogP contribution in [0, 0.1) is 25.2 Å². The molecule has 0 N–H and O–H groups in total. The van der Waals surface area contributed by atoms with Crippen molar-refractivity contribution < 1.29 is 9.32 Å². The molecule has 0 aliphatic heterocycles. The van der Waals surface area contributed by atoms with Crippen LogP contribution >= 0.6 is 11.3 Å². The van der Waals surface area contributed by atoms with Crippen molar-refractivity contribution in [3.05, 3.63) is 51.8 Å². The van der Waals surface area contributed by atoms with Crippen LogP contribution in [-0.4, -0.2) is 20.9 Å². The van der Waals surface area contributed by atoms with Crippen molar-refractivity contribution in [1.82, 2.24) is 15.1 Å². The second kappa shape index (κ2) is 6.10. The first kappa shape index (κ1) is 15.1. The number of carbonyl (C=O) groups is 1. The molecule has 0 aliphatic carbocycles. The molecule has 3 rings (SSSR count). The van der Waals surface area contributed by atoms with Gasteiger partial charge in [0.1, 0.15) is 5.01 Å². The lowest BCUT2D eigenvalue weighted by Crippen LogP contribution is -2.11. The molecule has 2 aromatic heterocycles. The molecule has 1 atom stereocenters. The lowest BCUT2D eigenvalue weighted by atomic mass is 9.97. The van der Waals surface area contributed by atoms with Crippen LogP contribution < -0.4 is 0 Å².